The Bertz CT molecular complexity index is 512. The summed E-state index contributed by atoms with van der Waals surface area (Å²) >= 11 is 0. The maximum Gasteiger partial charge on any atom is 0.263 e. The number of hydrogen-bond acceptors (Lipinski definition) is 3. The van der Waals surface area contributed by atoms with Crippen LogP contribution >= 0.6 is 0 Å². The minimum Gasteiger partial charge on any atom is -0.366 e. The molecule has 94 valence electrons. The summed E-state index contributed by atoms with van der Waals surface area (Å²) in [5.41, 5.74) is 1.84. The minimum atomic E-state index is -2.42. The van der Waals surface area contributed by atoms with Crippen LogP contribution < -0.4 is 5.32 Å². The van der Waals surface area contributed by atoms with E-state index in [1.807, 2.05) is 13.0 Å². The smallest absolute Gasteiger partial charge is 0.263 e. The van der Waals surface area contributed by atoms with Gasteiger partial charge in [-0.2, -0.15) is 0 Å². The van der Waals surface area contributed by atoms with Gasteiger partial charge < -0.3 is 5.32 Å². The predicted octanol–water partition coefficient (Wildman–Crippen LogP) is 3.33. The van der Waals surface area contributed by atoms with Gasteiger partial charge in [-0.1, -0.05) is 24.3 Å². The molecule has 0 aliphatic carbocycles. The summed E-state index contributed by atoms with van der Waals surface area (Å²) in [7, 11) is 0. The van der Waals surface area contributed by atoms with Gasteiger partial charge in [-0.05, 0) is 12.5 Å². The summed E-state index contributed by atoms with van der Waals surface area (Å²) in [5, 5.41) is 3.11. The molecular formula is C13H13F2N3. The normalized spacial score (nSPS) is 10.7. The molecule has 0 aliphatic heterocycles. The first-order valence-corrected chi connectivity index (χ1v) is 5.54. The summed E-state index contributed by atoms with van der Waals surface area (Å²) in [6.07, 6.45) is -0.936. The first-order valence-electron chi connectivity index (χ1n) is 5.54. The second-order valence-electron chi connectivity index (χ2n) is 3.94. The van der Waals surface area contributed by atoms with Crippen LogP contribution in [-0.2, 0) is 6.54 Å². The minimum absolute atomic E-state index is 0.0385. The zero-order valence-corrected chi connectivity index (χ0v) is 9.90. The zero-order valence-electron chi connectivity index (χ0n) is 9.90. The molecule has 0 unspecified atom stereocenters. The van der Waals surface area contributed by atoms with Crippen LogP contribution in [-0.4, -0.2) is 9.97 Å². The van der Waals surface area contributed by atoms with E-state index in [1.54, 1.807) is 12.1 Å². The molecule has 0 amide bonds. The van der Waals surface area contributed by atoms with Crippen LogP contribution in [0.4, 0.5) is 14.6 Å². The molecule has 0 saturated heterocycles. The van der Waals surface area contributed by atoms with Crippen LogP contribution in [0.15, 0.2) is 36.7 Å². The van der Waals surface area contributed by atoms with E-state index < -0.39 is 6.43 Å². The first kappa shape index (κ1) is 12.4. The van der Waals surface area contributed by atoms with Crippen molar-refractivity contribution in [2.45, 2.75) is 19.9 Å². The molecule has 0 bridgehead atoms. The molecule has 1 aromatic heterocycles. The third-order valence-electron chi connectivity index (χ3n) is 2.51. The van der Waals surface area contributed by atoms with Crippen molar-refractivity contribution in [2.75, 3.05) is 5.32 Å². The number of halogens is 2. The van der Waals surface area contributed by atoms with E-state index in [0.29, 0.717) is 6.54 Å². The van der Waals surface area contributed by atoms with Gasteiger partial charge in [-0.15, -0.1) is 0 Å². The van der Waals surface area contributed by atoms with Crippen molar-refractivity contribution in [1.29, 1.82) is 0 Å². The van der Waals surface area contributed by atoms with Gasteiger partial charge in [0, 0.05) is 23.9 Å². The Morgan fingerprint density at radius 1 is 1.17 bits per heavy atom. The van der Waals surface area contributed by atoms with Gasteiger partial charge in [0.05, 0.1) is 0 Å². The average molecular weight is 249 g/mol. The Labute approximate surface area is 104 Å². The number of aromatic nitrogens is 2. The summed E-state index contributed by atoms with van der Waals surface area (Å²) in [6, 6.07) is 8.07. The Morgan fingerprint density at radius 3 is 2.50 bits per heavy atom. The van der Waals surface area contributed by atoms with E-state index in [2.05, 4.69) is 15.3 Å². The number of nitrogens with one attached hydrogen (secondary N) is 1. The van der Waals surface area contributed by atoms with E-state index in [-0.39, 0.29) is 5.56 Å². The highest BCUT2D eigenvalue weighted by atomic mass is 19.3. The van der Waals surface area contributed by atoms with E-state index in [0.717, 1.165) is 17.1 Å². The molecule has 2 rings (SSSR count). The fourth-order valence-electron chi connectivity index (χ4n) is 1.52. The van der Waals surface area contributed by atoms with E-state index in [9.17, 15) is 8.78 Å². The van der Waals surface area contributed by atoms with Gasteiger partial charge in [0.1, 0.15) is 12.1 Å². The lowest BCUT2D eigenvalue weighted by Gasteiger charge is -2.06. The molecule has 1 N–H and O–H groups in total. The van der Waals surface area contributed by atoms with Gasteiger partial charge in [0.2, 0.25) is 0 Å². The maximum absolute atomic E-state index is 12.4. The van der Waals surface area contributed by atoms with Gasteiger partial charge in [-0.25, -0.2) is 18.7 Å². The third-order valence-corrected chi connectivity index (χ3v) is 2.51. The van der Waals surface area contributed by atoms with E-state index in [1.165, 1.54) is 18.5 Å². The van der Waals surface area contributed by atoms with Crippen LogP contribution in [0.3, 0.4) is 0 Å². The van der Waals surface area contributed by atoms with Crippen molar-refractivity contribution < 1.29 is 8.78 Å². The van der Waals surface area contributed by atoms with Crippen LogP contribution in [0.2, 0.25) is 0 Å². The van der Waals surface area contributed by atoms with Gasteiger partial charge in [0.25, 0.3) is 6.43 Å². The number of hydrogen-bond donors (Lipinski definition) is 1. The van der Waals surface area contributed by atoms with E-state index in [4.69, 9.17) is 0 Å². The number of nitrogens with zero attached hydrogens (tertiary/aromatic N) is 2. The lowest BCUT2D eigenvalue weighted by atomic mass is 10.1. The second-order valence-corrected chi connectivity index (χ2v) is 3.94. The Kier molecular flexibility index (Phi) is 3.82. The van der Waals surface area contributed by atoms with Crippen molar-refractivity contribution in [3.05, 3.63) is 53.5 Å². The van der Waals surface area contributed by atoms with Crippen LogP contribution in [0.1, 0.15) is 23.2 Å². The molecule has 0 fully saturated rings. The summed E-state index contributed by atoms with van der Waals surface area (Å²) < 4.78 is 24.7. The number of benzene rings is 1. The highest BCUT2D eigenvalue weighted by Crippen LogP contribution is 2.18. The van der Waals surface area contributed by atoms with Gasteiger partial charge in [-0.3, -0.25) is 0 Å². The monoisotopic (exact) mass is 249 g/mol. The van der Waals surface area contributed by atoms with Crippen LogP contribution in [0.25, 0.3) is 0 Å². The van der Waals surface area contributed by atoms with Crippen molar-refractivity contribution >= 4 is 5.82 Å². The van der Waals surface area contributed by atoms with E-state index >= 15 is 0 Å². The molecule has 0 aliphatic rings. The fourth-order valence-corrected chi connectivity index (χ4v) is 1.52. The lowest BCUT2D eigenvalue weighted by Crippen LogP contribution is -2.02. The Morgan fingerprint density at radius 2 is 1.89 bits per heavy atom. The number of aryl methyl sites for hydroxylation is 1. The third kappa shape index (κ3) is 3.23. The zero-order chi connectivity index (χ0) is 13.0. The fraction of sp³-hybridized carbons (Fsp3) is 0.231. The molecule has 1 aromatic carbocycles. The highest BCUT2D eigenvalue weighted by molar-refractivity contribution is 5.36. The molecule has 1 heterocycles. The molecule has 0 atom stereocenters. The van der Waals surface area contributed by atoms with Crippen molar-refractivity contribution in [3.8, 4) is 0 Å². The largest absolute Gasteiger partial charge is 0.366 e. The topological polar surface area (TPSA) is 37.8 Å². The van der Waals surface area contributed by atoms with Crippen LogP contribution in [0.5, 0.6) is 0 Å². The molecule has 0 saturated carbocycles. The number of anilines is 1. The molecule has 0 radical (unpaired) electrons. The standard InChI is InChI=1S/C13H13F2N3/c1-9-6-12(18-8-17-9)16-7-10-2-4-11(5-3-10)13(14)15/h2-6,8,13H,7H2,1H3,(H,16,17,18). The summed E-state index contributed by atoms with van der Waals surface area (Å²) in [6.45, 7) is 2.42. The first-order chi connectivity index (χ1) is 8.65. The number of alkyl halides is 2. The maximum atomic E-state index is 12.4. The van der Waals surface area contributed by atoms with Crippen molar-refractivity contribution in [3.63, 3.8) is 0 Å². The molecule has 0 spiro atoms. The average Bonchev–Trinajstić information content (AvgIpc) is 2.37. The highest BCUT2D eigenvalue weighted by Gasteiger charge is 2.05. The summed E-state index contributed by atoms with van der Waals surface area (Å²) in [5.74, 6) is 0.723. The predicted molar refractivity (Wildman–Crippen MR) is 65.5 cm³/mol. The Hall–Kier alpha value is -2.04. The molecule has 3 nitrogen and oxygen atoms in total. The number of rotatable bonds is 4. The second kappa shape index (κ2) is 5.53. The Balaban J connectivity index is 1.98. The van der Waals surface area contributed by atoms with Gasteiger partial charge >= 0.3 is 0 Å². The molecule has 18 heavy (non-hydrogen) atoms. The van der Waals surface area contributed by atoms with Gasteiger partial charge in [0.15, 0.2) is 0 Å². The quantitative estimate of drug-likeness (QED) is 0.903. The van der Waals surface area contributed by atoms with Crippen LogP contribution in [0, 0.1) is 6.92 Å². The SMILES string of the molecule is Cc1cc(NCc2ccc(C(F)F)cc2)ncn1. The van der Waals surface area contributed by atoms with Crippen molar-refractivity contribution in [1.82, 2.24) is 9.97 Å². The van der Waals surface area contributed by atoms with Crippen molar-refractivity contribution in [2.24, 2.45) is 0 Å². The summed E-state index contributed by atoms with van der Waals surface area (Å²) in [4.78, 5) is 8.05. The molecular weight excluding hydrogens is 236 g/mol. The molecule has 5 heteroatoms. The molecule has 2 aromatic rings. The lowest BCUT2D eigenvalue weighted by molar-refractivity contribution is 0.151.